The number of methoxy groups -OCH3 is 1. The van der Waals surface area contributed by atoms with Crippen molar-refractivity contribution >= 4 is 9.84 Å². The topological polar surface area (TPSA) is 64.6 Å². The van der Waals surface area contributed by atoms with E-state index in [0.717, 1.165) is 12.8 Å². The molecule has 0 aromatic rings. The van der Waals surface area contributed by atoms with Crippen LogP contribution in [0.5, 0.6) is 0 Å². The maximum atomic E-state index is 12.1. The first kappa shape index (κ1) is 15.9. The summed E-state index contributed by atoms with van der Waals surface area (Å²) in [5, 5.41) is 3.03. The molecule has 2 unspecified atom stereocenters. The highest BCUT2D eigenvalue weighted by molar-refractivity contribution is 7.91. The van der Waals surface area contributed by atoms with Gasteiger partial charge < -0.3 is 14.8 Å². The van der Waals surface area contributed by atoms with Gasteiger partial charge in [-0.1, -0.05) is 0 Å². The summed E-state index contributed by atoms with van der Waals surface area (Å²) < 4.78 is 35.0. The van der Waals surface area contributed by atoms with Crippen LogP contribution >= 0.6 is 0 Å². The van der Waals surface area contributed by atoms with Crippen LogP contribution < -0.4 is 5.32 Å². The largest absolute Gasteiger partial charge is 0.377 e. The van der Waals surface area contributed by atoms with Crippen molar-refractivity contribution in [3.8, 4) is 0 Å². The maximum absolute atomic E-state index is 12.1. The van der Waals surface area contributed by atoms with E-state index in [1.54, 1.807) is 14.2 Å². The quantitative estimate of drug-likeness (QED) is 0.739. The highest BCUT2D eigenvalue weighted by atomic mass is 32.2. The minimum absolute atomic E-state index is 0.0736. The van der Waals surface area contributed by atoms with Gasteiger partial charge >= 0.3 is 0 Å². The number of nitrogens with one attached hydrogen (secondary N) is 1. The van der Waals surface area contributed by atoms with Crippen molar-refractivity contribution in [2.45, 2.75) is 44.4 Å². The van der Waals surface area contributed by atoms with Crippen LogP contribution in [0, 0.1) is 0 Å². The molecule has 108 valence electrons. The fraction of sp³-hybridized carbons (Fsp3) is 1.00. The van der Waals surface area contributed by atoms with E-state index in [0.29, 0.717) is 6.61 Å². The van der Waals surface area contributed by atoms with E-state index < -0.39 is 15.4 Å². The normalized spacial score (nSPS) is 23.2. The molecule has 1 heterocycles. The molecule has 0 radical (unpaired) electrons. The van der Waals surface area contributed by atoms with Crippen LogP contribution in [0.1, 0.15) is 26.7 Å². The fourth-order valence-corrected chi connectivity index (χ4v) is 4.20. The monoisotopic (exact) mass is 279 g/mol. The van der Waals surface area contributed by atoms with Crippen molar-refractivity contribution in [1.29, 1.82) is 0 Å². The molecule has 0 aromatic carbocycles. The first-order valence-corrected chi connectivity index (χ1v) is 8.17. The SMILES string of the molecule is CNC(CS(=O)(=O)CC1CCCO1)C(C)(C)OC. The molecular weight excluding hydrogens is 254 g/mol. The van der Waals surface area contributed by atoms with Crippen molar-refractivity contribution in [2.24, 2.45) is 0 Å². The lowest BCUT2D eigenvalue weighted by atomic mass is 10.0. The summed E-state index contributed by atoms with van der Waals surface area (Å²) in [6, 6.07) is -0.228. The predicted octanol–water partition coefficient (Wildman–Crippen LogP) is 0.593. The minimum Gasteiger partial charge on any atom is -0.377 e. The fourth-order valence-electron chi connectivity index (χ4n) is 2.15. The van der Waals surface area contributed by atoms with Gasteiger partial charge in [-0.15, -0.1) is 0 Å². The molecule has 1 saturated heterocycles. The lowest BCUT2D eigenvalue weighted by molar-refractivity contribution is -0.00208. The number of sulfone groups is 1. The van der Waals surface area contributed by atoms with Gasteiger partial charge in [0.15, 0.2) is 9.84 Å². The van der Waals surface area contributed by atoms with E-state index in [9.17, 15) is 8.42 Å². The molecule has 6 heteroatoms. The molecule has 0 bridgehead atoms. The summed E-state index contributed by atoms with van der Waals surface area (Å²) in [6.07, 6.45) is 1.68. The van der Waals surface area contributed by atoms with Gasteiger partial charge in [-0.05, 0) is 33.7 Å². The van der Waals surface area contributed by atoms with Crippen molar-refractivity contribution in [3.63, 3.8) is 0 Å². The molecule has 1 fully saturated rings. The van der Waals surface area contributed by atoms with Crippen LogP contribution in [-0.2, 0) is 19.3 Å². The Morgan fingerprint density at radius 3 is 2.61 bits per heavy atom. The van der Waals surface area contributed by atoms with E-state index >= 15 is 0 Å². The number of likely N-dealkylation sites (N-methyl/N-ethyl adjacent to an activating group) is 1. The van der Waals surface area contributed by atoms with E-state index in [-0.39, 0.29) is 23.7 Å². The first-order valence-electron chi connectivity index (χ1n) is 6.35. The van der Waals surface area contributed by atoms with Crippen molar-refractivity contribution in [1.82, 2.24) is 5.32 Å². The molecule has 5 nitrogen and oxygen atoms in total. The van der Waals surface area contributed by atoms with Crippen molar-refractivity contribution in [2.75, 3.05) is 32.3 Å². The molecule has 2 atom stereocenters. The molecule has 0 saturated carbocycles. The lowest BCUT2D eigenvalue weighted by Crippen LogP contribution is -2.51. The van der Waals surface area contributed by atoms with Gasteiger partial charge in [-0.25, -0.2) is 8.42 Å². The van der Waals surface area contributed by atoms with Gasteiger partial charge in [0.05, 0.1) is 23.2 Å². The Morgan fingerprint density at radius 2 is 2.17 bits per heavy atom. The van der Waals surface area contributed by atoms with Gasteiger partial charge in [-0.3, -0.25) is 0 Å². The Bertz CT molecular complexity index is 347. The molecule has 0 aliphatic carbocycles. The summed E-state index contributed by atoms with van der Waals surface area (Å²) in [4.78, 5) is 0. The Morgan fingerprint density at radius 1 is 1.50 bits per heavy atom. The molecule has 0 amide bonds. The van der Waals surface area contributed by atoms with Crippen LogP contribution in [-0.4, -0.2) is 58.4 Å². The smallest absolute Gasteiger partial charge is 0.154 e. The van der Waals surface area contributed by atoms with Gasteiger partial charge in [0, 0.05) is 19.8 Å². The second kappa shape index (κ2) is 6.32. The summed E-state index contributed by atoms with van der Waals surface area (Å²) in [5.41, 5.74) is -0.516. The third kappa shape index (κ3) is 4.50. The van der Waals surface area contributed by atoms with Gasteiger partial charge in [-0.2, -0.15) is 0 Å². The average molecular weight is 279 g/mol. The third-order valence-corrected chi connectivity index (χ3v) is 5.32. The average Bonchev–Trinajstić information content (AvgIpc) is 2.77. The van der Waals surface area contributed by atoms with E-state index in [1.807, 2.05) is 13.8 Å². The summed E-state index contributed by atoms with van der Waals surface area (Å²) in [7, 11) is 0.214. The molecule has 18 heavy (non-hydrogen) atoms. The van der Waals surface area contributed by atoms with Crippen LogP contribution in [0.2, 0.25) is 0 Å². The number of ether oxygens (including phenoxy) is 2. The lowest BCUT2D eigenvalue weighted by Gasteiger charge is -2.32. The Balaban J connectivity index is 2.62. The summed E-state index contributed by atoms with van der Waals surface area (Å²) in [6.45, 7) is 4.45. The second-order valence-corrected chi connectivity index (χ2v) is 7.51. The third-order valence-electron chi connectivity index (χ3n) is 3.60. The predicted molar refractivity (Wildman–Crippen MR) is 71.6 cm³/mol. The second-order valence-electron chi connectivity index (χ2n) is 5.36. The van der Waals surface area contributed by atoms with Crippen LogP contribution in [0.4, 0.5) is 0 Å². The van der Waals surface area contributed by atoms with Crippen molar-refractivity contribution < 1.29 is 17.9 Å². The summed E-state index contributed by atoms with van der Waals surface area (Å²) in [5.74, 6) is 0.190. The van der Waals surface area contributed by atoms with E-state index in [2.05, 4.69) is 5.32 Å². The standard InChI is InChI=1S/C12H25NO4S/c1-12(2,16-4)11(13-3)9-18(14,15)8-10-6-5-7-17-10/h10-11,13H,5-9H2,1-4H3. The number of rotatable bonds is 7. The Kier molecular flexibility index (Phi) is 5.58. The Hall–Kier alpha value is -0.170. The van der Waals surface area contributed by atoms with Gasteiger partial charge in [0.1, 0.15) is 0 Å². The molecule has 0 aromatic heterocycles. The van der Waals surface area contributed by atoms with Crippen LogP contribution in [0.25, 0.3) is 0 Å². The molecular formula is C12H25NO4S. The maximum Gasteiger partial charge on any atom is 0.154 e. The highest BCUT2D eigenvalue weighted by Gasteiger charge is 2.33. The van der Waals surface area contributed by atoms with Crippen LogP contribution in [0.3, 0.4) is 0 Å². The first-order chi connectivity index (χ1) is 8.30. The number of hydrogen-bond donors (Lipinski definition) is 1. The Labute approximate surface area is 110 Å². The summed E-state index contributed by atoms with van der Waals surface area (Å²) >= 11 is 0. The zero-order valence-electron chi connectivity index (χ0n) is 11.7. The molecule has 1 aliphatic heterocycles. The molecule has 0 spiro atoms. The zero-order chi connectivity index (χ0) is 13.8. The van der Waals surface area contributed by atoms with Crippen molar-refractivity contribution in [3.05, 3.63) is 0 Å². The number of hydrogen-bond acceptors (Lipinski definition) is 5. The van der Waals surface area contributed by atoms with Gasteiger partial charge in [0.25, 0.3) is 0 Å². The zero-order valence-corrected chi connectivity index (χ0v) is 12.5. The van der Waals surface area contributed by atoms with Crippen LogP contribution in [0.15, 0.2) is 0 Å². The molecule has 1 N–H and O–H groups in total. The molecule has 1 rings (SSSR count). The van der Waals surface area contributed by atoms with Gasteiger partial charge in [0.2, 0.25) is 0 Å². The van der Waals surface area contributed by atoms with E-state index in [1.165, 1.54) is 0 Å². The van der Waals surface area contributed by atoms with E-state index in [4.69, 9.17) is 9.47 Å². The molecule has 1 aliphatic rings. The highest BCUT2D eigenvalue weighted by Crippen LogP contribution is 2.18. The minimum atomic E-state index is -3.14.